The summed E-state index contributed by atoms with van der Waals surface area (Å²) in [6, 6.07) is 15.2. The van der Waals surface area contributed by atoms with Crippen LogP contribution in [0.2, 0.25) is 0 Å². The van der Waals surface area contributed by atoms with Gasteiger partial charge in [-0.1, -0.05) is 17.7 Å². The largest absolute Gasteiger partial charge is 0.497 e. The van der Waals surface area contributed by atoms with E-state index in [-0.39, 0.29) is 0 Å². The fraction of sp³-hybridized carbons (Fsp3) is 0.333. The number of benzene rings is 2. The maximum Gasteiger partial charge on any atom is 0.243 e. The molecule has 0 radical (unpaired) electrons. The molecule has 0 aliphatic carbocycles. The van der Waals surface area contributed by atoms with Gasteiger partial charge in [-0.2, -0.15) is 4.31 Å². The van der Waals surface area contributed by atoms with Gasteiger partial charge >= 0.3 is 0 Å². The SMILES string of the molecule is COc1ccc2[nH]c(C3CCN(S(=O)(=O)c4ccc(C)cc4)CC3)cc2c1. The Bertz CT molecular complexity index is 1050. The Balaban J connectivity index is 1.49. The van der Waals surface area contributed by atoms with Gasteiger partial charge in [0.05, 0.1) is 12.0 Å². The maximum absolute atomic E-state index is 12.9. The van der Waals surface area contributed by atoms with Crippen LogP contribution >= 0.6 is 0 Å². The van der Waals surface area contributed by atoms with Crippen molar-refractivity contribution in [1.82, 2.24) is 9.29 Å². The number of piperidine rings is 1. The maximum atomic E-state index is 12.9. The smallest absolute Gasteiger partial charge is 0.243 e. The van der Waals surface area contributed by atoms with Gasteiger partial charge in [0.25, 0.3) is 0 Å². The van der Waals surface area contributed by atoms with Crippen molar-refractivity contribution in [2.45, 2.75) is 30.6 Å². The van der Waals surface area contributed by atoms with Crippen LogP contribution in [0.1, 0.15) is 30.0 Å². The molecule has 5 nitrogen and oxygen atoms in total. The molecular weight excluding hydrogens is 360 g/mol. The second-order valence-electron chi connectivity index (χ2n) is 7.17. The molecule has 0 bridgehead atoms. The molecule has 1 N–H and O–H groups in total. The summed E-state index contributed by atoms with van der Waals surface area (Å²) < 4.78 is 32.6. The predicted molar refractivity (Wildman–Crippen MR) is 107 cm³/mol. The Kier molecular flexibility index (Phi) is 4.70. The molecule has 1 aromatic heterocycles. The van der Waals surface area contributed by atoms with Gasteiger partial charge in [-0.3, -0.25) is 0 Å². The minimum Gasteiger partial charge on any atom is -0.497 e. The van der Waals surface area contributed by atoms with Crippen molar-refractivity contribution in [3.63, 3.8) is 0 Å². The van der Waals surface area contributed by atoms with Gasteiger partial charge < -0.3 is 9.72 Å². The Morgan fingerprint density at radius 2 is 1.74 bits per heavy atom. The molecule has 1 aliphatic rings. The minimum atomic E-state index is -3.41. The lowest BCUT2D eigenvalue weighted by Crippen LogP contribution is -2.37. The molecule has 0 saturated carbocycles. The first-order valence-corrected chi connectivity index (χ1v) is 10.6. The van der Waals surface area contributed by atoms with Crippen molar-refractivity contribution in [3.8, 4) is 5.75 Å². The molecule has 1 saturated heterocycles. The molecule has 27 heavy (non-hydrogen) atoms. The standard InChI is InChI=1S/C21H24N2O3S/c1-15-3-6-19(7-4-15)27(24,25)23-11-9-16(10-12-23)21-14-17-13-18(26-2)5-8-20(17)22-21/h3-8,13-14,16,22H,9-12H2,1-2H3. The number of aromatic amines is 1. The molecule has 6 heteroatoms. The molecule has 1 aliphatic heterocycles. The van der Waals surface area contributed by atoms with Crippen LogP contribution in [0.5, 0.6) is 5.75 Å². The Morgan fingerprint density at radius 3 is 2.41 bits per heavy atom. The van der Waals surface area contributed by atoms with Crippen molar-refractivity contribution >= 4 is 20.9 Å². The van der Waals surface area contributed by atoms with Crippen molar-refractivity contribution in [2.75, 3.05) is 20.2 Å². The number of fused-ring (bicyclic) bond motifs is 1. The lowest BCUT2D eigenvalue weighted by molar-refractivity contribution is 0.317. The number of methoxy groups -OCH3 is 1. The lowest BCUT2D eigenvalue weighted by atomic mass is 9.95. The van der Waals surface area contributed by atoms with E-state index in [0.717, 1.165) is 35.1 Å². The average Bonchev–Trinajstić information content (AvgIpc) is 3.11. The van der Waals surface area contributed by atoms with Crippen LogP contribution in [-0.4, -0.2) is 37.9 Å². The van der Waals surface area contributed by atoms with Gasteiger partial charge in [0.2, 0.25) is 10.0 Å². The zero-order chi connectivity index (χ0) is 19.0. The van der Waals surface area contributed by atoms with E-state index in [0.29, 0.717) is 23.9 Å². The van der Waals surface area contributed by atoms with Crippen molar-refractivity contribution in [2.24, 2.45) is 0 Å². The van der Waals surface area contributed by atoms with E-state index in [9.17, 15) is 8.42 Å². The fourth-order valence-corrected chi connectivity index (χ4v) is 5.22. The lowest BCUT2D eigenvalue weighted by Gasteiger charge is -2.30. The number of rotatable bonds is 4. The van der Waals surface area contributed by atoms with Gasteiger partial charge in [-0.25, -0.2) is 8.42 Å². The average molecular weight is 385 g/mol. The normalized spacial score (nSPS) is 16.7. The first-order valence-electron chi connectivity index (χ1n) is 9.21. The van der Waals surface area contributed by atoms with Gasteiger partial charge in [-0.15, -0.1) is 0 Å². The Morgan fingerprint density at radius 1 is 1.04 bits per heavy atom. The van der Waals surface area contributed by atoms with E-state index >= 15 is 0 Å². The summed E-state index contributed by atoms with van der Waals surface area (Å²) >= 11 is 0. The first kappa shape index (κ1) is 18.1. The third kappa shape index (κ3) is 3.47. The number of nitrogens with zero attached hydrogens (tertiary/aromatic N) is 1. The number of aromatic nitrogens is 1. The Hall–Kier alpha value is -2.31. The molecule has 3 aromatic rings. The summed E-state index contributed by atoms with van der Waals surface area (Å²) in [4.78, 5) is 3.86. The van der Waals surface area contributed by atoms with E-state index in [1.807, 2.05) is 37.3 Å². The van der Waals surface area contributed by atoms with E-state index in [4.69, 9.17) is 4.74 Å². The summed E-state index contributed by atoms with van der Waals surface area (Å²) in [5, 5.41) is 1.12. The first-order chi connectivity index (χ1) is 13.0. The summed E-state index contributed by atoms with van der Waals surface area (Å²) in [5.74, 6) is 1.18. The zero-order valence-corrected chi connectivity index (χ0v) is 16.4. The van der Waals surface area contributed by atoms with E-state index in [1.54, 1.807) is 23.5 Å². The molecule has 0 atom stereocenters. The number of hydrogen-bond acceptors (Lipinski definition) is 3. The predicted octanol–water partition coefficient (Wildman–Crippen LogP) is 4.05. The summed E-state index contributed by atoms with van der Waals surface area (Å²) in [7, 11) is -1.75. The number of sulfonamides is 1. The van der Waals surface area contributed by atoms with Crippen molar-refractivity contribution < 1.29 is 13.2 Å². The third-order valence-corrected chi connectivity index (χ3v) is 7.31. The molecular formula is C21H24N2O3S. The van der Waals surface area contributed by atoms with Crippen molar-refractivity contribution in [3.05, 3.63) is 59.8 Å². The molecule has 1 fully saturated rings. The summed E-state index contributed by atoms with van der Waals surface area (Å²) in [6.07, 6.45) is 1.63. The van der Waals surface area contributed by atoms with Crippen LogP contribution < -0.4 is 4.74 Å². The van der Waals surface area contributed by atoms with E-state index in [2.05, 4.69) is 11.1 Å². The van der Waals surface area contributed by atoms with Crippen LogP contribution in [0.3, 0.4) is 0 Å². The Labute approximate surface area is 160 Å². The number of ether oxygens (including phenoxy) is 1. The molecule has 0 unspecified atom stereocenters. The molecule has 0 spiro atoms. The second-order valence-corrected chi connectivity index (χ2v) is 9.11. The van der Waals surface area contributed by atoms with Crippen molar-refractivity contribution in [1.29, 1.82) is 0 Å². The highest BCUT2D eigenvalue weighted by molar-refractivity contribution is 7.89. The third-order valence-electron chi connectivity index (χ3n) is 5.40. The van der Waals surface area contributed by atoms with E-state index < -0.39 is 10.0 Å². The second kappa shape index (κ2) is 7.02. The quantitative estimate of drug-likeness (QED) is 0.738. The number of H-pyrrole nitrogens is 1. The van der Waals surface area contributed by atoms with Gasteiger partial charge in [-0.05, 0) is 56.2 Å². The summed E-state index contributed by atoms with van der Waals surface area (Å²) in [5.41, 5.74) is 3.31. The number of aryl methyl sites for hydroxylation is 1. The highest BCUT2D eigenvalue weighted by Crippen LogP contribution is 2.33. The van der Waals surface area contributed by atoms with Crippen LogP contribution in [0.25, 0.3) is 10.9 Å². The molecule has 0 amide bonds. The zero-order valence-electron chi connectivity index (χ0n) is 15.6. The number of nitrogens with one attached hydrogen (secondary N) is 1. The number of hydrogen-bond donors (Lipinski definition) is 1. The van der Waals surface area contributed by atoms with Gasteiger partial charge in [0.1, 0.15) is 5.75 Å². The minimum absolute atomic E-state index is 0.341. The van der Waals surface area contributed by atoms with Gasteiger partial charge in [0.15, 0.2) is 0 Å². The molecule has 4 rings (SSSR count). The van der Waals surface area contributed by atoms with Crippen LogP contribution in [-0.2, 0) is 10.0 Å². The highest BCUT2D eigenvalue weighted by atomic mass is 32.2. The van der Waals surface area contributed by atoms with Crippen LogP contribution in [0.15, 0.2) is 53.4 Å². The monoisotopic (exact) mass is 384 g/mol. The molecule has 142 valence electrons. The molecule has 2 heterocycles. The fourth-order valence-electron chi connectivity index (χ4n) is 3.75. The highest BCUT2D eigenvalue weighted by Gasteiger charge is 2.30. The van der Waals surface area contributed by atoms with Crippen LogP contribution in [0.4, 0.5) is 0 Å². The molecule has 2 aromatic carbocycles. The van der Waals surface area contributed by atoms with E-state index in [1.165, 1.54) is 5.69 Å². The van der Waals surface area contributed by atoms with Crippen LogP contribution in [0, 0.1) is 6.92 Å². The van der Waals surface area contributed by atoms with Gasteiger partial charge in [0, 0.05) is 35.6 Å². The summed E-state index contributed by atoms with van der Waals surface area (Å²) in [6.45, 7) is 3.04. The topological polar surface area (TPSA) is 62.4 Å².